The smallest absolute Gasteiger partial charge is 0.255 e. The third kappa shape index (κ3) is 3.05. The Morgan fingerprint density at radius 2 is 2.16 bits per heavy atom. The first-order chi connectivity index (χ1) is 9.15. The standard InChI is InChI=1S/C14H19NO4/c1-19-13-5-3-2-4-11(13)14(18)15-10-6-9(8-16)12(17)7-10/h2-5,9-10,12,16-17H,6-8H2,1H3,(H,15,18)/t9-,10+,12+/m0/s1. The Hall–Kier alpha value is -1.59. The van der Waals surface area contributed by atoms with Crippen molar-refractivity contribution in [2.24, 2.45) is 5.92 Å². The monoisotopic (exact) mass is 265 g/mol. The molecule has 1 aliphatic carbocycles. The van der Waals surface area contributed by atoms with Crippen molar-refractivity contribution in [2.75, 3.05) is 13.7 Å². The first-order valence-electron chi connectivity index (χ1n) is 6.38. The van der Waals surface area contributed by atoms with Gasteiger partial charge in [0.25, 0.3) is 5.91 Å². The number of carbonyl (C=O) groups excluding carboxylic acids is 1. The zero-order valence-electron chi connectivity index (χ0n) is 10.9. The SMILES string of the molecule is COc1ccccc1C(=O)N[C@@H]1C[C@@H](CO)[C@H](O)C1. The zero-order chi connectivity index (χ0) is 13.8. The van der Waals surface area contributed by atoms with Gasteiger partial charge in [0.15, 0.2) is 0 Å². The fraction of sp³-hybridized carbons (Fsp3) is 0.500. The Morgan fingerprint density at radius 3 is 2.79 bits per heavy atom. The summed E-state index contributed by atoms with van der Waals surface area (Å²) in [6.45, 7) is -0.0534. The van der Waals surface area contributed by atoms with Gasteiger partial charge >= 0.3 is 0 Å². The van der Waals surface area contributed by atoms with Crippen LogP contribution in [-0.2, 0) is 0 Å². The normalized spacial score (nSPS) is 26.2. The fourth-order valence-corrected chi connectivity index (χ4v) is 2.51. The van der Waals surface area contributed by atoms with Crippen molar-refractivity contribution in [3.63, 3.8) is 0 Å². The van der Waals surface area contributed by atoms with Gasteiger partial charge < -0.3 is 20.3 Å². The van der Waals surface area contributed by atoms with E-state index in [2.05, 4.69) is 5.32 Å². The molecule has 0 radical (unpaired) electrons. The highest BCUT2D eigenvalue weighted by Gasteiger charge is 2.33. The van der Waals surface area contributed by atoms with Gasteiger partial charge in [-0.1, -0.05) is 12.1 Å². The molecular weight excluding hydrogens is 246 g/mol. The molecule has 1 aromatic rings. The van der Waals surface area contributed by atoms with E-state index >= 15 is 0 Å². The van der Waals surface area contributed by atoms with Crippen LogP contribution in [0.2, 0.25) is 0 Å². The number of amides is 1. The number of carbonyl (C=O) groups is 1. The molecule has 1 amide bonds. The summed E-state index contributed by atoms with van der Waals surface area (Å²) in [4.78, 5) is 12.1. The van der Waals surface area contributed by atoms with Gasteiger partial charge in [-0.2, -0.15) is 0 Å². The highest BCUT2D eigenvalue weighted by molar-refractivity contribution is 5.97. The molecule has 3 atom stereocenters. The molecule has 0 bridgehead atoms. The number of hydrogen-bond donors (Lipinski definition) is 3. The van der Waals surface area contributed by atoms with Crippen LogP contribution in [0, 0.1) is 5.92 Å². The van der Waals surface area contributed by atoms with E-state index in [-0.39, 0.29) is 24.5 Å². The van der Waals surface area contributed by atoms with E-state index in [1.54, 1.807) is 24.3 Å². The fourth-order valence-electron chi connectivity index (χ4n) is 2.51. The molecule has 19 heavy (non-hydrogen) atoms. The molecule has 0 spiro atoms. The maximum atomic E-state index is 12.1. The number of aliphatic hydroxyl groups excluding tert-OH is 2. The van der Waals surface area contributed by atoms with Gasteiger partial charge in [0.2, 0.25) is 0 Å². The summed E-state index contributed by atoms with van der Waals surface area (Å²) in [5, 5.41) is 21.7. The number of benzene rings is 1. The lowest BCUT2D eigenvalue weighted by atomic mass is 10.1. The highest BCUT2D eigenvalue weighted by Crippen LogP contribution is 2.26. The van der Waals surface area contributed by atoms with Crippen LogP contribution in [0.15, 0.2) is 24.3 Å². The Kier molecular flexibility index (Phi) is 4.39. The minimum Gasteiger partial charge on any atom is -0.496 e. The average molecular weight is 265 g/mol. The maximum absolute atomic E-state index is 12.1. The first-order valence-corrected chi connectivity index (χ1v) is 6.38. The predicted molar refractivity (Wildman–Crippen MR) is 70.1 cm³/mol. The predicted octanol–water partition coefficient (Wildman–Crippen LogP) is 0.557. The molecule has 2 rings (SSSR count). The summed E-state index contributed by atoms with van der Waals surface area (Å²) >= 11 is 0. The quantitative estimate of drug-likeness (QED) is 0.743. The molecule has 5 nitrogen and oxygen atoms in total. The van der Waals surface area contributed by atoms with E-state index in [0.29, 0.717) is 24.2 Å². The lowest BCUT2D eigenvalue weighted by Gasteiger charge is -2.14. The number of rotatable bonds is 4. The molecule has 3 N–H and O–H groups in total. The molecule has 1 saturated carbocycles. The number of nitrogens with one attached hydrogen (secondary N) is 1. The van der Waals surface area contributed by atoms with Crippen LogP contribution in [0.4, 0.5) is 0 Å². The second-order valence-corrected chi connectivity index (χ2v) is 4.85. The Morgan fingerprint density at radius 1 is 1.42 bits per heavy atom. The highest BCUT2D eigenvalue weighted by atomic mass is 16.5. The van der Waals surface area contributed by atoms with Crippen molar-refractivity contribution in [2.45, 2.75) is 25.0 Å². The number of ether oxygens (including phenoxy) is 1. The lowest BCUT2D eigenvalue weighted by molar-refractivity contribution is 0.0903. The molecule has 0 heterocycles. The van der Waals surface area contributed by atoms with Crippen LogP contribution in [0.3, 0.4) is 0 Å². The summed E-state index contributed by atoms with van der Waals surface area (Å²) in [5.41, 5.74) is 0.479. The molecule has 0 unspecified atom stereocenters. The van der Waals surface area contributed by atoms with Gasteiger partial charge in [-0.15, -0.1) is 0 Å². The van der Waals surface area contributed by atoms with Gasteiger partial charge in [0, 0.05) is 18.6 Å². The van der Waals surface area contributed by atoms with Crippen LogP contribution >= 0.6 is 0 Å². The molecule has 5 heteroatoms. The number of aliphatic hydroxyl groups is 2. The van der Waals surface area contributed by atoms with Crippen molar-refractivity contribution < 1.29 is 19.7 Å². The number of methoxy groups -OCH3 is 1. The number of hydrogen-bond acceptors (Lipinski definition) is 4. The van der Waals surface area contributed by atoms with Crippen molar-refractivity contribution >= 4 is 5.91 Å². The summed E-state index contributed by atoms with van der Waals surface area (Å²) in [7, 11) is 1.52. The van der Waals surface area contributed by atoms with Crippen molar-refractivity contribution in [3.05, 3.63) is 29.8 Å². The molecule has 0 saturated heterocycles. The summed E-state index contributed by atoms with van der Waals surface area (Å²) in [6.07, 6.45) is 0.526. The molecule has 0 aliphatic heterocycles. The Labute approximate surface area is 112 Å². The van der Waals surface area contributed by atoms with Crippen LogP contribution in [0.1, 0.15) is 23.2 Å². The van der Waals surface area contributed by atoms with Crippen LogP contribution < -0.4 is 10.1 Å². The largest absolute Gasteiger partial charge is 0.496 e. The zero-order valence-corrected chi connectivity index (χ0v) is 10.9. The number of para-hydroxylation sites is 1. The second kappa shape index (κ2) is 6.04. The minimum absolute atomic E-state index is 0.0534. The minimum atomic E-state index is -0.548. The van der Waals surface area contributed by atoms with E-state index in [1.807, 2.05) is 0 Å². The third-order valence-corrected chi connectivity index (χ3v) is 3.58. The van der Waals surface area contributed by atoms with E-state index in [9.17, 15) is 9.90 Å². The molecule has 1 aromatic carbocycles. The van der Waals surface area contributed by atoms with Crippen molar-refractivity contribution in [1.82, 2.24) is 5.32 Å². The van der Waals surface area contributed by atoms with Crippen LogP contribution in [0.5, 0.6) is 5.75 Å². The van der Waals surface area contributed by atoms with E-state index in [1.165, 1.54) is 7.11 Å². The van der Waals surface area contributed by atoms with Gasteiger partial charge in [-0.05, 0) is 25.0 Å². The lowest BCUT2D eigenvalue weighted by Crippen LogP contribution is -2.33. The van der Waals surface area contributed by atoms with Gasteiger partial charge in [-0.3, -0.25) is 4.79 Å². The van der Waals surface area contributed by atoms with E-state index in [4.69, 9.17) is 9.84 Å². The molecular formula is C14H19NO4. The summed E-state index contributed by atoms with van der Waals surface area (Å²) in [6, 6.07) is 6.90. The molecule has 104 valence electrons. The Bertz CT molecular complexity index is 449. The summed E-state index contributed by atoms with van der Waals surface area (Å²) in [5.74, 6) is 0.161. The van der Waals surface area contributed by atoms with Crippen molar-refractivity contribution in [1.29, 1.82) is 0 Å². The molecule has 0 aromatic heterocycles. The average Bonchev–Trinajstić information content (AvgIpc) is 2.78. The van der Waals surface area contributed by atoms with Crippen LogP contribution in [-0.4, -0.2) is 42.0 Å². The van der Waals surface area contributed by atoms with Gasteiger partial charge in [-0.25, -0.2) is 0 Å². The van der Waals surface area contributed by atoms with Crippen LogP contribution in [0.25, 0.3) is 0 Å². The maximum Gasteiger partial charge on any atom is 0.255 e. The molecule has 1 fully saturated rings. The van der Waals surface area contributed by atoms with E-state index < -0.39 is 6.10 Å². The van der Waals surface area contributed by atoms with Crippen molar-refractivity contribution in [3.8, 4) is 5.75 Å². The summed E-state index contributed by atoms with van der Waals surface area (Å²) < 4.78 is 5.14. The van der Waals surface area contributed by atoms with Gasteiger partial charge in [0.1, 0.15) is 5.75 Å². The first kappa shape index (κ1) is 13.8. The topological polar surface area (TPSA) is 78.8 Å². The Balaban J connectivity index is 2.02. The second-order valence-electron chi connectivity index (χ2n) is 4.85. The third-order valence-electron chi connectivity index (χ3n) is 3.58. The van der Waals surface area contributed by atoms with Gasteiger partial charge in [0.05, 0.1) is 18.8 Å². The molecule has 1 aliphatic rings. The van der Waals surface area contributed by atoms with E-state index in [0.717, 1.165) is 0 Å².